The molecule has 0 spiro atoms. The Morgan fingerprint density at radius 1 is 1.06 bits per heavy atom. The molecule has 2 aromatic rings. The molecular weight excluding hydrogens is 458 g/mol. The van der Waals surface area contributed by atoms with Crippen molar-refractivity contribution < 1.29 is 33.0 Å². The number of alkyl halides is 2. The Labute approximate surface area is 202 Å². The van der Waals surface area contributed by atoms with Gasteiger partial charge in [-0.05, 0) is 36.1 Å². The van der Waals surface area contributed by atoms with Crippen LogP contribution in [0.2, 0.25) is 0 Å². The van der Waals surface area contributed by atoms with Crippen molar-refractivity contribution in [3.63, 3.8) is 0 Å². The number of nitrogens with zero attached hydrogens (tertiary/aromatic N) is 1. The predicted octanol–water partition coefficient (Wildman–Crippen LogP) is 4.12. The lowest BCUT2D eigenvalue weighted by molar-refractivity contribution is -0.140. The molecule has 0 saturated heterocycles. The molecule has 2 aliphatic carbocycles. The summed E-state index contributed by atoms with van der Waals surface area (Å²) in [5, 5.41) is 11.2. The average molecular weight is 487 g/mol. The highest BCUT2D eigenvalue weighted by Gasteiger charge is 2.72. The first-order chi connectivity index (χ1) is 16.6. The number of benzene rings is 2. The Bertz CT molecular complexity index is 1090. The van der Waals surface area contributed by atoms with Crippen LogP contribution in [0.3, 0.4) is 0 Å². The van der Waals surface area contributed by atoms with Crippen LogP contribution in [0.25, 0.3) is 11.1 Å². The monoisotopic (exact) mass is 486 g/mol. The molecule has 1 saturated carbocycles. The zero-order chi connectivity index (χ0) is 25.3. The molecule has 2 atom stereocenters. The zero-order valence-corrected chi connectivity index (χ0v) is 19.5. The van der Waals surface area contributed by atoms with E-state index in [1.165, 1.54) is 0 Å². The SMILES string of the molecule is CC(C)N(CCC(=O)O)C(=O)C1C(CNC(=O)OCC2c3ccccc3-c3ccccc32)C1(F)F. The van der Waals surface area contributed by atoms with Crippen molar-refractivity contribution in [1.82, 2.24) is 10.2 Å². The highest BCUT2D eigenvalue weighted by molar-refractivity contribution is 5.84. The first-order valence-electron chi connectivity index (χ1n) is 11.6. The van der Waals surface area contributed by atoms with Crippen LogP contribution in [0.4, 0.5) is 13.6 Å². The smallest absolute Gasteiger partial charge is 0.407 e. The van der Waals surface area contributed by atoms with Crippen molar-refractivity contribution in [2.75, 3.05) is 19.7 Å². The highest BCUT2D eigenvalue weighted by Crippen LogP contribution is 2.55. The van der Waals surface area contributed by atoms with Gasteiger partial charge >= 0.3 is 12.1 Å². The van der Waals surface area contributed by atoms with Crippen LogP contribution in [-0.2, 0) is 14.3 Å². The third-order valence-electron chi connectivity index (χ3n) is 6.75. The number of fused-ring (bicyclic) bond motifs is 3. The van der Waals surface area contributed by atoms with E-state index in [0.717, 1.165) is 27.2 Å². The van der Waals surface area contributed by atoms with Crippen molar-refractivity contribution in [2.45, 2.75) is 38.2 Å². The molecule has 9 heteroatoms. The maximum absolute atomic E-state index is 14.4. The maximum Gasteiger partial charge on any atom is 0.407 e. The first-order valence-corrected chi connectivity index (χ1v) is 11.6. The largest absolute Gasteiger partial charge is 0.481 e. The van der Waals surface area contributed by atoms with Crippen LogP contribution < -0.4 is 5.32 Å². The summed E-state index contributed by atoms with van der Waals surface area (Å²) in [7, 11) is 0. The molecule has 7 nitrogen and oxygen atoms in total. The van der Waals surface area contributed by atoms with Crippen LogP contribution in [0, 0.1) is 11.8 Å². The van der Waals surface area contributed by atoms with Gasteiger partial charge in [-0.3, -0.25) is 9.59 Å². The van der Waals surface area contributed by atoms with Crippen molar-refractivity contribution in [1.29, 1.82) is 0 Å². The Balaban J connectivity index is 1.33. The minimum Gasteiger partial charge on any atom is -0.481 e. The predicted molar refractivity (Wildman–Crippen MR) is 124 cm³/mol. The number of carbonyl (C=O) groups excluding carboxylic acids is 2. The minimum absolute atomic E-state index is 0.0552. The van der Waals surface area contributed by atoms with Gasteiger partial charge in [0.25, 0.3) is 5.92 Å². The van der Waals surface area contributed by atoms with Gasteiger partial charge in [0.15, 0.2) is 0 Å². The minimum atomic E-state index is -3.27. The number of halogens is 2. The molecule has 0 radical (unpaired) electrons. The molecule has 2 aromatic carbocycles. The number of carbonyl (C=O) groups is 3. The van der Waals surface area contributed by atoms with E-state index in [-0.39, 0.29) is 25.5 Å². The lowest BCUT2D eigenvalue weighted by atomic mass is 9.98. The van der Waals surface area contributed by atoms with Gasteiger partial charge in [-0.15, -0.1) is 0 Å². The van der Waals surface area contributed by atoms with Crippen molar-refractivity contribution >= 4 is 18.0 Å². The lowest BCUT2D eigenvalue weighted by Gasteiger charge is -2.26. The standard InChI is InChI=1S/C26H28F2N2O5/c1-15(2)30(12-11-22(31)32)24(33)23-21(26(23,27)28)13-29-25(34)35-14-20-18-9-5-3-7-16(18)17-8-4-6-10-19(17)20/h3-10,15,20-21,23H,11-14H2,1-2H3,(H,29,34)(H,31,32). The molecular formula is C26H28F2N2O5. The average Bonchev–Trinajstić information content (AvgIpc) is 3.22. The molecule has 0 heterocycles. The summed E-state index contributed by atoms with van der Waals surface area (Å²) in [4.78, 5) is 37.0. The van der Waals surface area contributed by atoms with Gasteiger partial charge in [0.2, 0.25) is 5.91 Å². The van der Waals surface area contributed by atoms with E-state index in [2.05, 4.69) is 5.32 Å². The number of amides is 2. The molecule has 2 aliphatic rings. The number of carboxylic acids is 1. The second-order valence-electron chi connectivity index (χ2n) is 9.23. The fraction of sp³-hybridized carbons (Fsp3) is 0.423. The summed E-state index contributed by atoms with van der Waals surface area (Å²) >= 11 is 0. The number of carboxylic acid groups (broad SMARTS) is 1. The highest BCUT2D eigenvalue weighted by atomic mass is 19.3. The molecule has 0 aromatic heterocycles. The molecule has 2 N–H and O–H groups in total. The molecule has 1 fully saturated rings. The van der Waals surface area contributed by atoms with Gasteiger partial charge in [-0.2, -0.15) is 0 Å². The summed E-state index contributed by atoms with van der Waals surface area (Å²) in [6, 6.07) is 15.3. The van der Waals surface area contributed by atoms with Crippen LogP contribution in [0.5, 0.6) is 0 Å². The van der Waals surface area contributed by atoms with Gasteiger partial charge in [0.1, 0.15) is 12.5 Å². The Morgan fingerprint density at radius 2 is 1.63 bits per heavy atom. The number of rotatable bonds is 9. The number of ether oxygens (including phenoxy) is 1. The van der Waals surface area contributed by atoms with E-state index < -0.39 is 48.3 Å². The molecule has 2 amide bonds. The Kier molecular flexibility index (Phi) is 6.78. The van der Waals surface area contributed by atoms with E-state index in [1.54, 1.807) is 13.8 Å². The fourth-order valence-corrected chi connectivity index (χ4v) is 4.84. The van der Waals surface area contributed by atoms with Gasteiger partial charge in [0, 0.05) is 25.0 Å². The second-order valence-corrected chi connectivity index (χ2v) is 9.23. The number of nitrogens with one attached hydrogen (secondary N) is 1. The quantitative estimate of drug-likeness (QED) is 0.556. The van der Waals surface area contributed by atoms with E-state index >= 15 is 0 Å². The Morgan fingerprint density at radius 3 is 2.17 bits per heavy atom. The molecule has 4 rings (SSSR count). The normalized spacial score (nSPS) is 19.6. The molecule has 0 aliphatic heterocycles. The third-order valence-corrected chi connectivity index (χ3v) is 6.75. The summed E-state index contributed by atoms with van der Waals surface area (Å²) < 4.78 is 34.2. The Hall–Kier alpha value is -3.49. The van der Waals surface area contributed by atoms with E-state index in [9.17, 15) is 23.2 Å². The maximum atomic E-state index is 14.4. The van der Waals surface area contributed by atoms with E-state index in [4.69, 9.17) is 9.84 Å². The number of hydrogen-bond acceptors (Lipinski definition) is 4. The van der Waals surface area contributed by atoms with Crippen molar-refractivity contribution in [3.05, 3.63) is 59.7 Å². The van der Waals surface area contributed by atoms with E-state index in [0.29, 0.717) is 0 Å². The van der Waals surface area contributed by atoms with Gasteiger partial charge < -0.3 is 20.1 Å². The lowest BCUT2D eigenvalue weighted by Crippen LogP contribution is -2.40. The summed E-state index contributed by atoms with van der Waals surface area (Å²) in [6.45, 7) is 2.78. The van der Waals surface area contributed by atoms with Gasteiger partial charge in [-0.1, -0.05) is 48.5 Å². The van der Waals surface area contributed by atoms with Crippen LogP contribution >= 0.6 is 0 Å². The molecule has 35 heavy (non-hydrogen) atoms. The topological polar surface area (TPSA) is 95.9 Å². The zero-order valence-electron chi connectivity index (χ0n) is 19.5. The van der Waals surface area contributed by atoms with Crippen LogP contribution in [0.15, 0.2) is 48.5 Å². The summed E-state index contributed by atoms with van der Waals surface area (Å²) in [5.74, 6) is -8.29. The summed E-state index contributed by atoms with van der Waals surface area (Å²) in [6.07, 6.45) is -1.16. The molecule has 2 unspecified atom stereocenters. The second kappa shape index (κ2) is 9.64. The van der Waals surface area contributed by atoms with Gasteiger partial charge in [0.05, 0.1) is 12.3 Å². The molecule has 0 bridgehead atoms. The fourth-order valence-electron chi connectivity index (χ4n) is 4.84. The van der Waals surface area contributed by atoms with Crippen molar-refractivity contribution in [2.24, 2.45) is 11.8 Å². The van der Waals surface area contributed by atoms with Crippen molar-refractivity contribution in [3.8, 4) is 11.1 Å². The first kappa shape index (κ1) is 24.6. The van der Waals surface area contributed by atoms with E-state index in [1.807, 2.05) is 48.5 Å². The number of hydrogen-bond donors (Lipinski definition) is 2. The molecule has 186 valence electrons. The third kappa shape index (κ3) is 4.85. The number of aliphatic carboxylic acids is 1. The summed E-state index contributed by atoms with van der Waals surface area (Å²) in [5.41, 5.74) is 4.23. The van der Waals surface area contributed by atoms with Gasteiger partial charge in [-0.25, -0.2) is 13.6 Å². The van der Waals surface area contributed by atoms with Crippen LogP contribution in [0.1, 0.15) is 37.3 Å². The number of alkyl carbamates (subject to hydrolysis) is 1. The van der Waals surface area contributed by atoms with Crippen LogP contribution in [-0.4, -0.2) is 59.6 Å².